The fourth-order valence-electron chi connectivity index (χ4n) is 6.56. The number of rotatable bonds is 13. The van der Waals surface area contributed by atoms with Gasteiger partial charge in [0.15, 0.2) is 9.84 Å². The standard InChI is InChI=1S/C40H40ClN5O7S2/c1-40(2,28-54(50,51)34-9-4-3-5-10-34)42-37-21-20-35(26-38(37)46(48)49)55(52,53)43-39(47)30-14-18-33(19-15-30)45-24-22-44(23-25-45)27-31-8-6-7-11-36(31)29-12-16-32(41)17-13-29/h3-21,26,42H,22-25,27-28H2,1-2H3,(H,43,47). The smallest absolute Gasteiger partial charge is 0.293 e. The van der Waals surface area contributed by atoms with Crippen molar-refractivity contribution < 1.29 is 26.6 Å². The third kappa shape index (κ3) is 9.70. The van der Waals surface area contributed by atoms with Crippen LogP contribution in [-0.2, 0) is 26.4 Å². The number of carbonyl (C=O) groups excluding carboxylic acids is 1. The van der Waals surface area contributed by atoms with Gasteiger partial charge in [-0.1, -0.05) is 66.2 Å². The van der Waals surface area contributed by atoms with Gasteiger partial charge in [0.2, 0.25) is 0 Å². The molecular formula is C40H40ClN5O7S2. The molecule has 15 heteroatoms. The average molecular weight is 802 g/mol. The van der Waals surface area contributed by atoms with Crippen LogP contribution in [0, 0.1) is 10.1 Å². The summed E-state index contributed by atoms with van der Waals surface area (Å²) in [6.45, 7) is 7.08. The van der Waals surface area contributed by atoms with Gasteiger partial charge in [-0.2, -0.15) is 0 Å². The van der Waals surface area contributed by atoms with E-state index in [0.717, 1.165) is 56.1 Å². The molecule has 1 heterocycles. The van der Waals surface area contributed by atoms with Crippen LogP contribution in [0.5, 0.6) is 0 Å². The number of halogens is 1. The molecule has 6 rings (SSSR count). The van der Waals surface area contributed by atoms with Crippen molar-refractivity contribution in [1.82, 2.24) is 9.62 Å². The minimum absolute atomic E-state index is 0.0808. The van der Waals surface area contributed by atoms with Crippen LogP contribution in [0.4, 0.5) is 17.1 Å². The first kappa shape index (κ1) is 39.4. The van der Waals surface area contributed by atoms with E-state index < -0.39 is 52.6 Å². The fraction of sp³-hybridized carbons (Fsp3) is 0.225. The van der Waals surface area contributed by atoms with Gasteiger partial charge < -0.3 is 10.2 Å². The summed E-state index contributed by atoms with van der Waals surface area (Å²) in [6.07, 6.45) is 0. The number of carbonyl (C=O) groups is 1. The van der Waals surface area contributed by atoms with Gasteiger partial charge in [-0.3, -0.25) is 19.8 Å². The number of hydrogen-bond acceptors (Lipinski definition) is 10. The molecule has 1 saturated heterocycles. The van der Waals surface area contributed by atoms with E-state index >= 15 is 0 Å². The molecule has 286 valence electrons. The molecule has 0 radical (unpaired) electrons. The molecule has 0 unspecified atom stereocenters. The predicted octanol–water partition coefficient (Wildman–Crippen LogP) is 7.02. The lowest BCUT2D eigenvalue weighted by Crippen LogP contribution is -2.46. The molecule has 55 heavy (non-hydrogen) atoms. The molecule has 0 aliphatic carbocycles. The highest BCUT2D eigenvalue weighted by Crippen LogP contribution is 2.32. The molecule has 0 spiro atoms. The predicted molar refractivity (Wildman–Crippen MR) is 215 cm³/mol. The van der Waals surface area contributed by atoms with Gasteiger partial charge in [-0.25, -0.2) is 21.6 Å². The highest BCUT2D eigenvalue weighted by Gasteiger charge is 2.31. The van der Waals surface area contributed by atoms with Crippen LogP contribution in [0.3, 0.4) is 0 Å². The third-order valence-electron chi connectivity index (χ3n) is 9.26. The topological polar surface area (TPSA) is 159 Å². The van der Waals surface area contributed by atoms with Crippen molar-refractivity contribution in [3.63, 3.8) is 0 Å². The third-order valence-corrected chi connectivity index (χ3v) is 12.9. The number of hydrogen-bond donors (Lipinski definition) is 2. The minimum atomic E-state index is -4.52. The quantitative estimate of drug-likeness (QED) is 0.0936. The zero-order chi connectivity index (χ0) is 39.4. The van der Waals surface area contributed by atoms with Crippen molar-refractivity contribution in [3.05, 3.63) is 148 Å². The van der Waals surface area contributed by atoms with E-state index in [2.05, 4.69) is 27.2 Å². The van der Waals surface area contributed by atoms with Crippen LogP contribution in [-0.4, -0.2) is 70.0 Å². The largest absolute Gasteiger partial charge is 0.374 e. The monoisotopic (exact) mass is 801 g/mol. The Labute approximate surface area is 325 Å². The van der Waals surface area contributed by atoms with E-state index in [9.17, 15) is 31.7 Å². The lowest BCUT2D eigenvalue weighted by molar-refractivity contribution is -0.384. The van der Waals surface area contributed by atoms with Crippen molar-refractivity contribution in [3.8, 4) is 11.1 Å². The van der Waals surface area contributed by atoms with Gasteiger partial charge in [-0.15, -0.1) is 0 Å². The van der Waals surface area contributed by atoms with Crippen LogP contribution >= 0.6 is 11.6 Å². The number of benzene rings is 5. The highest BCUT2D eigenvalue weighted by atomic mass is 35.5. The van der Waals surface area contributed by atoms with E-state index in [1.807, 2.05) is 41.1 Å². The molecule has 1 aliphatic heterocycles. The van der Waals surface area contributed by atoms with Crippen LogP contribution < -0.4 is 14.9 Å². The Balaban J connectivity index is 1.07. The maximum absolute atomic E-state index is 13.3. The highest BCUT2D eigenvalue weighted by molar-refractivity contribution is 7.91. The lowest BCUT2D eigenvalue weighted by Gasteiger charge is -2.36. The van der Waals surface area contributed by atoms with E-state index in [1.54, 1.807) is 44.2 Å². The lowest BCUT2D eigenvalue weighted by atomic mass is 9.99. The normalized spacial score (nSPS) is 14.0. The van der Waals surface area contributed by atoms with Crippen molar-refractivity contribution in [2.24, 2.45) is 0 Å². The summed E-state index contributed by atoms with van der Waals surface area (Å²) in [5, 5.41) is 15.6. The van der Waals surface area contributed by atoms with Gasteiger partial charge in [0.1, 0.15) is 5.69 Å². The second-order valence-corrected chi connectivity index (χ2v) is 18.0. The second kappa shape index (κ2) is 16.2. The molecule has 0 atom stereocenters. The number of nitrogens with zero attached hydrogens (tertiary/aromatic N) is 3. The number of sulfonamides is 1. The molecule has 5 aromatic rings. The Morgan fingerprint density at radius 1 is 0.800 bits per heavy atom. The molecule has 1 aliphatic rings. The van der Waals surface area contributed by atoms with Crippen molar-refractivity contribution in [2.75, 3.05) is 42.1 Å². The Kier molecular flexibility index (Phi) is 11.6. The summed E-state index contributed by atoms with van der Waals surface area (Å²) in [5.41, 5.74) is 2.62. The van der Waals surface area contributed by atoms with Gasteiger partial charge in [0.25, 0.3) is 21.6 Å². The zero-order valence-electron chi connectivity index (χ0n) is 30.2. The fourth-order valence-corrected chi connectivity index (χ4v) is 9.44. The SMILES string of the molecule is CC(C)(CS(=O)(=O)c1ccccc1)Nc1ccc(S(=O)(=O)NC(=O)c2ccc(N3CCN(Cc4ccccc4-c4ccc(Cl)cc4)CC3)cc2)cc1[N+](=O)[O-]. The molecule has 5 aromatic carbocycles. The number of nitrogens with one attached hydrogen (secondary N) is 2. The molecule has 0 aromatic heterocycles. The van der Waals surface area contributed by atoms with Gasteiger partial charge in [0.05, 0.1) is 20.5 Å². The van der Waals surface area contributed by atoms with E-state index in [0.29, 0.717) is 5.02 Å². The maximum Gasteiger partial charge on any atom is 0.293 e. The summed E-state index contributed by atoms with van der Waals surface area (Å²) in [7, 11) is -8.28. The Morgan fingerprint density at radius 2 is 1.44 bits per heavy atom. The first-order chi connectivity index (χ1) is 26.1. The van der Waals surface area contributed by atoms with Crippen molar-refractivity contribution in [1.29, 1.82) is 0 Å². The maximum atomic E-state index is 13.3. The van der Waals surface area contributed by atoms with Gasteiger partial charge >= 0.3 is 0 Å². The zero-order valence-corrected chi connectivity index (χ0v) is 32.6. The van der Waals surface area contributed by atoms with Crippen LogP contribution in [0.25, 0.3) is 11.1 Å². The van der Waals surface area contributed by atoms with Crippen LogP contribution in [0.1, 0.15) is 29.8 Å². The van der Waals surface area contributed by atoms with Gasteiger partial charge in [-0.05, 0) is 91.2 Å². The average Bonchev–Trinajstić information content (AvgIpc) is 3.15. The summed E-state index contributed by atoms with van der Waals surface area (Å²) >= 11 is 6.10. The Hall–Kier alpha value is -5.28. The van der Waals surface area contributed by atoms with Crippen molar-refractivity contribution >= 4 is 54.4 Å². The minimum Gasteiger partial charge on any atom is -0.374 e. The summed E-state index contributed by atoms with van der Waals surface area (Å²) in [5.74, 6) is -1.29. The molecular weight excluding hydrogens is 762 g/mol. The van der Waals surface area contributed by atoms with E-state index in [-0.39, 0.29) is 16.1 Å². The Morgan fingerprint density at radius 3 is 2.09 bits per heavy atom. The number of amides is 1. The number of nitro benzene ring substituents is 1. The van der Waals surface area contributed by atoms with E-state index in [4.69, 9.17) is 11.6 Å². The molecule has 2 N–H and O–H groups in total. The van der Waals surface area contributed by atoms with E-state index in [1.165, 1.54) is 41.5 Å². The molecule has 12 nitrogen and oxygen atoms in total. The number of sulfone groups is 1. The first-order valence-electron chi connectivity index (χ1n) is 17.4. The number of anilines is 2. The Bertz CT molecular complexity index is 2400. The second-order valence-electron chi connectivity index (χ2n) is 13.9. The molecule has 1 amide bonds. The van der Waals surface area contributed by atoms with Crippen LogP contribution in [0.2, 0.25) is 5.02 Å². The molecule has 1 fully saturated rings. The first-order valence-corrected chi connectivity index (χ1v) is 20.9. The number of piperazine rings is 1. The molecule has 0 bridgehead atoms. The van der Waals surface area contributed by atoms with Gasteiger partial charge in [0, 0.05) is 60.6 Å². The summed E-state index contributed by atoms with van der Waals surface area (Å²) < 4.78 is 54.5. The summed E-state index contributed by atoms with van der Waals surface area (Å²) in [4.78, 5) is 28.5. The molecule has 0 saturated carbocycles. The van der Waals surface area contributed by atoms with Crippen molar-refractivity contribution in [2.45, 2.75) is 35.7 Å². The van der Waals surface area contributed by atoms with Crippen LogP contribution in [0.15, 0.2) is 131 Å². The summed E-state index contributed by atoms with van der Waals surface area (Å²) in [6, 6.07) is 33.7. The number of nitro groups is 1.